The second-order valence-electron chi connectivity index (χ2n) is 10.0. The highest BCUT2D eigenvalue weighted by atomic mass is 16.5. The van der Waals surface area contributed by atoms with Crippen molar-refractivity contribution in [3.05, 3.63) is 130 Å². The Bertz CT molecular complexity index is 1920. The fraction of sp³-hybridized carbons (Fsp3) is 0.114. The Balaban J connectivity index is 1.39. The van der Waals surface area contributed by atoms with Gasteiger partial charge in [-0.2, -0.15) is 0 Å². The predicted octanol–water partition coefficient (Wildman–Crippen LogP) is 8.04. The molecule has 0 unspecified atom stereocenters. The maximum absolute atomic E-state index is 14.0. The van der Waals surface area contributed by atoms with Crippen LogP contribution in [0, 0.1) is 20.8 Å². The van der Waals surface area contributed by atoms with Gasteiger partial charge in [-0.1, -0.05) is 72.8 Å². The standard InChI is InChI=1S/C35H27NO4/c1-21-19-30-31(27-14-8-7-13-26(21)27)32(28-15-9-10-16-29(28)36-30)35(38)40-33-22(2)17-25(18-23(33)3)34(37)39-20-24-11-5-4-6-12-24/h4-19H,20H2,1-3H3. The van der Waals surface area contributed by atoms with Crippen molar-refractivity contribution in [2.24, 2.45) is 0 Å². The molecule has 40 heavy (non-hydrogen) atoms. The maximum Gasteiger partial charge on any atom is 0.344 e. The van der Waals surface area contributed by atoms with Gasteiger partial charge in [0.05, 0.1) is 22.2 Å². The number of carbonyl (C=O) groups is 2. The number of aromatic nitrogens is 1. The molecular weight excluding hydrogens is 498 g/mol. The van der Waals surface area contributed by atoms with Gasteiger partial charge in [0.2, 0.25) is 0 Å². The number of pyridine rings is 1. The average Bonchev–Trinajstić information content (AvgIpc) is 2.97. The summed E-state index contributed by atoms with van der Waals surface area (Å²) >= 11 is 0. The zero-order chi connectivity index (χ0) is 27.8. The predicted molar refractivity (Wildman–Crippen MR) is 158 cm³/mol. The summed E-state index contributed by atoms with van der Waals surface area (Å²) < 4.78 is 11.6. The van der Waals surface area contributed by atoms with Gasteiger partial charge < -0.3 is 9.47 Å². The number of fused-ring (bicyclic) bond motifs is 4. The normalized spacial score (nSPS) is 11.2. The monoisotopic (exact) mass is 525 g/mol. The first-order chi connectivity index (χ1) is 19.4. The van der Waals surface area contributed by atoms with E-state index >= 15 is 0 Å². The van der Waals surface area contributed by atoms with Crippen molar-refractivity contribution < 1.29 is 19.1 Å². The van der Waals surface area contributed by atoms with Crippen LogP contribution in [0.2, 0.25) is 0 Å². The Morgan fingerprint density at radius 2 is 1.27 bits per heavy atom. The molecule has 0 bridgehead atoms. The summed E-state index contributed by atoms with van der Waals surface area (Å²) in [5.74, 6) is -0.473. The Morgan fingerprint density at radius 3 is 2.00 bits per heavy atom. The van der Waals surface area contributed by atoms with Crippen LogP contribution >= 0.6 is 0 Å². The highest BCUT2D eigenvalue weighted by Gasteiger charge is 2.23. The van der Waals surface area contributed by atoms with Crippen LogP contribution in [-0.4, -0.2) is 16.9 Å². The minimum atomic E-state index is -0.469. The minimum absolute atomic E-state index is 0.185. The number of hydrogen-bond donors (Lipinski definition) is 0. The summed E-state index contributed by atoms with van der Waals surface area (Å²) in [4.78, 5) is 31.7. The first-order valence-corrected chi connectivity index (χ1v) is 13.2. The smallest absolute Gasteiger partial charge is 0.344 e. The Morgan fingerprint density at radius 1 is 0.650 bits per heavy atom. The molecule has 1 aromatic heterocycles. The number of aryl methyl sites for hydroxylation is 3. The number of rotatable bonds is 5. The molecule has 5 heteroatoms. The van der Waals surface area contributed by atoms with Crippen molar-refractivity contribution in [2.75, 3.05) is 0 Å². The summed E-state index contributed by atoms with van der Waals surface area (Å²) in [5, 5.41) is 3.51. The van der Waals surface area contributed by atoms with Crippen molar-refractivity contribution in [3.8, 4) is 5.75 Å². The third-order valence-corrected chi connectivity index (χ3v) is 7.20. The van der Waals surface area contributed by atoms with Gasteiger partial charge in [-0.3, -0.25) is 0 Å². The molecular formula is C35H27NO4. The van der Waals surface area contributed by atoms with Crippen LogP contribution in [0.5, 0.6) is 5.75 Å². The van der Waals surface area contributed by atoms with Crippen LogP contribution < -0.4 is 4.74 Å². The van der Waals surface area contributed by atoms with E-state index in [0.717, 1.165) is 43.7 Å². The van der Waals surface area contributed by atoms with E-state index in [1.54, 1.807) is 12.1 Å². The second kappa shape index (κ2) is 10.3. The van der Waals surface area contributed by atoms with E-state index < -0.39 is 11.9 Å². The van der Waals surface area contributed by atoms with Gasteiger partial charge in [0.15, 0.2) is 0 Å². The van der Waals surface area contributed by atoms with Gasteiger partial charge in [0.25, 0.3) is 0 Å². The van der Waals surface area contributed by atoms with E-state index in [0.29, 0.717) is 28.0 Å². The SMILES string of the molecule is Cc1cc(C(=O)OCc2ccccc2)cc(C)c1OC(=O)c1c2ccccc2nc2cc(C)c3ccccc3c12. The average molecular weight is 526 g/mol. The molecule has 6 rings (SSSR count). The molecule has 0 radical (unpaired) electrons. The van der Waals surface area contributed by atoms with Crippen LogP contribution in [0.25, 0.3) is 32.6 Å². The van der Waals surface area contributed by atoms with Crippen LogP contribution in [0.15, 0.2) is 97.1 Å². The summed E-state index contributed by atoms with van der Waals surface area (Å²) in [6.07, 6.45) is 0. The number of esters is 2. The van der Waals surface area contributed by atoms with E-state index in [9.17, 15) is 9.59 Å². The lowest BCUT2D eigenvalue weighted by Gasteiger charge is -2.16. The third-order valence-electron chi connectivity index (χ3n) is 7.20. The highest BCUT2D eigenvalue weighted by molar-refractivity contribution is 6.22. The molecule has 0 N–H and O–H groups in total. The molecule has 0 atom stereocenters. The van der Waals surface area contributed by atoms with E-state index in [1.807, 2.05) is 92.7 Å². The first-order valence-electron chi connectivity index (χ1n) is 13.2. The van der Waals surface area contributed by atoms with Gasteiger partial charge >= 0.3 is 11.9 Å². The van der Waals surface area contributed by atoms with Crippen molar-refractivity contribution in [2.45, 2.75) is 27.4 Å². The number of hydrogen-bond acceptors (Lipinski definition) is 5. The molecule has 0 aliphatic rings. The van der Waals surface area contributed by atoms with Crippen molar-refractivity contribution in [3.63, 3.8) is 0 Å². The van der Waals surface area contributed by atoms with Gasteiger partial charge in [-0.15, -0.1) is 0 Å². The number of nitrogens with zero attached hydrogens (tertiary/aromatic N) is 1. The quantitative estimate of drug-likeness (QED) is 0.0986. The van der Waals surface area contributed by atoms with Gasteiger partial charge in [-0.05, 0) is 78.1 Å². The number of carbonyl (C=O) groups excluding carboxylic acids is 2. The van der Waals surface area contributed by atoms with Gasteiger partial charge in [-0.25, -0.2) is 14.6 Å². The minimum Gasteiger partial charge on any atom is -0.457 e. The fourth-order valence-electron chi connectivity index (χ4n) is 5.33. The summed E-state index contributed by atoms with van der Waals surface area (Å²) in [6, 6.07) is 30.6. The molecule has 5 aromatic carbocycles. The summed E-state index contributed by atoms with van der Waals surface area (Å²) in [5.41, 5.74) is 5.69. The van der Waals surface area contributed by atoms with Gasteiger partial charge in [0.1, 0.15) is 12.4 Å². The lowest BCUT2D eigenvalue weighted by Crippen LogP contribution is -2.13. The van der Waals surface area contributed by atoms with Gasteiger partial charge in [0, 0.05) is 10.8 Å². The second-order valence-corrected chi connectivity index (χ2v) is 10.0. The Kier molecular flexibility index (Phi) is 6.48. The molecule has 0 spiro atoms. The molecule has 0 saturated carbocycles. The number of ether oxygens (including phenoxy) is 2. The zero-order valence-corrected chi connectivity index (χ0v) is 22.5. The third kappa shape index (κ3) is 4.56. The molecule has 0 saturated heterocycles. The van der Waals surface area contributed by atoms with Crippen LogP contribution in [-0.2, 0) is 11.3 Å². The topological polar surface area (TPSA) is 65.5 Å². The molecule has 5 nitrogen and oxygen atoms in total. The van der Waals surface area contributed by atoms with E-state index in [1.165, 1.54) is 0 Å². The molecule has 1 heterocycles. The highest BCUT2D eigenvalue weighted by Crippen LogP contribution is 2.35. The van der Waals surface area contributed by atoms with E-state index in [4.69, 9.17) is 14.5 Å². The van der Waals surface area contributed by atoms with Crippen molar-refractivity contribution in [1.82, 2.24) is 4.98 Å². The van der Waals surface area contributed by atoms with Crippen LogP contribution in [0.4, 0.5) is 0 Å². The lowest BCUT2D eigenvalue weighted by atomic mass is 9.95. The number of para-hydroxylation sites is 1. The van der Waals surface area contributed by atoms with Crippen molar-refractivity contribution in [1.29, 1.82) is 0 Å². The summed E-state index contributed by atoms with van der Waals surface area (Å²) in [7, 11) is 0. The zero-order valence-electron chi connectivity index (χ0n) is 22.5. The largest absolute Gasteiger partial charge is 0.457 e. The number of benzene rings is 5. The Labute approximate surface area is 232 Å². The molecule has 0 fully saturated rings. The molecule has 196 valence electrons. The molecule has 6 aromatic rings. The van der Waals surface area contributed by atoms with E-state index in [2.05, 4.69) is 13.0 Å². The Hall–Kier alpha value is -5.03. The molecule has 0 aliphatic carbocycles. The van der Waals surface area contributed by atoms with Crippen molar-refractivity contribution >= 4 is 44.5 Å². The fourth-order valence-corrected chi connectivity index (χ4v) is 5.33. The van der Waals surface area contributed by atoms with Crippen LogP contribution in [0.3, 0.4) is 0 Å². The molecule has 0 aliphatic heterocycles. The lowest BCUT2D eigenvalue weighted by molar-refractivity contribution is 0.0472. The molecule has 0 amide bonds. The summed E-state index contributed by atoms with van der Waals surface area (Å²) in [6.45, 7) is 5.89. The first kappa shape index (κ1) is 25.3. The van der Waals surface area contributed by atoms with E-state index in [-0.39, 0.29) is 6.61 Å². The van der Waals surface area contributed by atoms with Crippen LogP contribution in [0.1, 0.15) is 43.0 Å². The maximum atomic E-state index is 14.0.